The molecule has 1 atom stereocenters. The molecule has 0 N–H and O–H groups in total. The fourth-order valence-electron chi connectivity index (χ4n) is 3.02. The zero-order valence-electron chi connectivity index (χ0n) is 14.3. The number of likely N-dealkylation sites (N-methyl/N-ethyl adjacent to an activating group) is 1. The number of hydrogen-bond acceptors (Lipinski definition) is 3. The van der Waals surface area contributed by atoms with Gasteiger partial charge in [0.05, 0.1) is 5.02 Å². The molecular formula is C19H21Cl3N2S. The molecule has 2 aromatic carbocycles. The molecule has 1 aliphatic rings. The first kappa shape index (κ1) is 19.3. The molecule has 25 heavy (non-hydrogen) atoms. The Bertz CT molecular complexity index is 745. The van der Waals surface area contributed by atoms with Crippen LogP contribution in [0.5, 0.6) is 0 Å². The monoisotopic (exact) mass is 414 g/mol. The van der Waals surface area contributed by atoms with Crippen molar-refractivity contribution >= 4 is 46.6 Å². The topological polar surface area (TPSA) is 6.48 Å². The molecule has 2 nitrogen and oxygen atoms in total. The first-order valence-electron chi connectivity index (χ1n) is 8.29. The van der Waals surface area contributed by atoms with Crippen molar-refractivity contribution in [2.75, 3.05) is 33.2 Å². The summed E-state index contributed by atoms with van der Waals surface area (Å²) in [6.45, 7) is 6.56. The molecule has 0 spiro atoms. The molecule has 134 valence electrons. The molecule has 0 aliphatic carbocycles. The minimum Gasteiger partial charge on any atom is -0.304 e. The van der Waals surface area contributed by atoms with E-state index in [-0.39, 0.29) is 0 Å². The highest BCUT2D eigenvalue weighted by molar-refractivity contribution is 7.99. The van der Waals surface area contributed by atoms with Gasteiger partial charge >= 0.3 is 0 Å². The van der Waals surface area contributed by atoms with Gasteiger partial charge in [0, 0.05) is 52.1 Å². The molecule has 1 saturated heterocycles. The Morgan fingerprint density at radius 3 is 2.24 bits per heavy atom. The van der Waals surface area contributed by atoms with Gasteiger partial charge in [-0.3, -0.25) is 4.90 Å². The van der Waals surface area contributed by atoms with Gasteiger partial charge in [-0.25, -0.2) is 0 Å². The molecule has 6 heteroatoms. The third kappa shape index (κ3) is 4.85. The van der Waals surface area contributed by atoms with Crippen LogP contribution in [-0.2, 0) is 0 Å². The summed E-state index contributed by atoms with van der Waals surface area (Å²) in [5.41, 5.74) is 1.23. The lowest BCUT2D eigenvalue weighted by molar-refractivity contribution is 0.118. The minimum absolute atomic E-state index is 0.299. The van der Waals surface area contributed by atoms with Gasteiger partial charge in [-0.15, -0.1) is 0 Å². The van der Waals surface area contributed by atoms with Crippen LogP contribution in [0.15, 0.2) is 46.2 Å². The number of hydrogen-bond donors (Lipinski definition) is 0. The first-order valence-corrected chi connectivity index (χ1v) is 10.2. The average molecular weight is 416 g/mol. The molecule has 0 aromatic heterocycles. The van der Waals surface area contributed by atoms with Crippen LogP contribution in [0.3, 0.4) is 0 Å². The lowest BCUT2D eigenvalue weighted by Crippen LogP contribution is -2.45. The molecule has 1 fully saturated rings. The predicted octanol–water partition coefficient (Wildman–Crippen LogP) is 6.11. The number of nitrogens with zero attached hydrogens (tertiary/aromatic N) is 2. The van der Waals surface area contributed by atoms with Crippen molar-refractivity contribution in [3.05, 3.63) is 57.0 Å². The molecule has 1 heterocycles. The summed E-state index contributed by atoms with van der Waals surface area (Å²) in [4.78, 5) is 7.00. The quantitative estimate of drug-likeness (QED) is 0.595. The molecule has 1 aliphatic heterocycles. The van der Waals surface area contributed by atoms with Crippen LogP contribution in [0.2, 0.25) is 15.1 Å². The van der Waals surface area contributed by atoms with Crippen molar-refractivity contribution < 1.29 is 0 Å². The maximum Gasteiger partial charge on any atom is 0.0546 e. The highest BCUT2D eigenvalue weighted by Gasteiger charge is 2.23. The van der Waals surface area contributed by atoms with Crippen molar-refractivity contribution in [1.29, 1.82) is 0 Å². The molecular weight excluding hydrogens is 395 g/mol. The van der Waals surface area contributed by atoms with Crippen LogP contribution in [0.4, 0.5) is 0 Å². The smallest absolute Gasteiger partial charge is 0.0546 e. The Morgan fingerprint density at radius 2 is 1.52 bits per heavy atom. The second-order valence-electron chi connectivity index (χ2n) is 6.37. The van der Waals surface area contributed by atoms with Gasteiger partial charge in [0.2, 0.25) is 0 Å². The maximum atomic E-state index is 6.35. The molecule has 0 radical (unpaired) electrons. The van der Waals surface area contributed by atoms with Crippen LogP contribution >= 0.6 is 46.6 Å². The minimum atomic E-state index is 0.299. The first-order chi connectivity index (χ1) is 11.9. The Morgan fingerprint density at radius 1 is 0.880 bits per heavy atom. The van der Waals surface area contributed by atoms with E-state index in [1.807, 2.05) is 24.3 Å². The summed E-state index contributed by atoms with van der Waals surface area (Å²) in [7, 11) is 2.17. The largest absolute Gasteiger partial charge is 0.304 e. The summed E-state index contributed by atoms with van der Waals surface area (Å²) in [6, 6.07) is 11.9. The molecule has 0 bridgehead atoms. The third-order valence-corrected chi connectivity index (χ3v) is 6.68. The Labute approximate surface area is 169 Å². The number of piperazine rings is 1. The lowest BCUT2D eigenvalue weighted by Gasteiger charge is -2.37. The summed E-state index contributed by atoms with van der Waals surface area (Å²) in [6.07, 6.45) is 0. The fraction of sp³-hybridized carbons (Fsp3) is 0.368. The zero-order valence-corrected chi connectivity index (χ0v) is 17.4. The van der Waals surface area contributed by atoms with Crippen molar-refractivity contribution in [3.63, 3.8) is 0 Å². The molecule has 0 amide bonds. The van der Waals surface area contributed by atoms with E-state index in [1.54, 1.807) is 11.8 Å². The van der Waals surface area contributed by atoms with Crippen molar-refractivity contribution in [2.45, 2.75) is 22.8 Å². The van der Waals surface area contributed by atoms with Gasteiger partial charge < -0.3 is 4.90 Å². The summed E-state index contributed by atoms with van der Waals surface area (Å²) >= 11 is 20.4. The van der Waals surface area contributed by atoms with E-state index in [2.05, 4.69) is 35.9 Å². The Kier molecular flexibility index (Phi) is 6.59. The SMILES string of the molecule is C[C@@H](c1cc(Cl)ccc1Sc1cc(Cl)ccc1Cl)N1CCN(C)CC1. The van der Waals surface area contributed by atoms with Crippen LogP contribution in [0.1, 0.15) is 18.5 Å². The van der Waals surface area contributed by atoms with Crippen molar-refractivity contribution in [3.8, 4) is 0 Å². The summed E-state index contributed by atoms with van der Waals surface area (Å²) in [5.74, 6) is 0. The van der Waals surface area contributed by atoms with E-state index < -0.39 is 0 Å². The highest BCUT2D eigenvalue weighted by atomic mass is 35.5. The van der Waals surface area contributed by atoms with Gasteiger partial charge in [0.15, 0.2) is 0 Å². The van der Waals surface area contributed by atoms with Crippen molar-refractivity contribution in [1.82, 2.24) is 9.80 Å². The predicted molar refractivity (Wildman–Crippen MR) is 110 cm³/mol. The normalized spacial score (nSPS) is 17.6. The maximum absolute atomic E-state index is 6.35. The fourth-order valence-corrected chi connectivity index (χ4v) is 4.74. The van der Waals surface area contributed by atoms with Crippen LogP contribution < -0.4 is 0 Å². The van der Waals surface area contributed by atoms with E-state index >= 15 is 0 Å². The number of benzene rings is 2. The molecule has 2 aromatic rings. The molecule has 3 rings (SSSR count). The Balaban J connectivity index is 1.88. The van der Waals surface area contributed by atoms with Gasteiger partial charge in [-0.1, -0.05) is 46.6 Å². The number of rotatable bonds is 4. The van der Waals surface area contributed by atoms with Gasteiger partial charge in [0.1, 0.15) is 0 Å². The van der Waals surface area contributed by atoms with E-state index in [0.717, 1.165) is 36.1 Å². The van der Waals surface area contributed by atoms with E-state index in [4.69, 9.17) is 34.8 Å². The van der Waals surface area contributed by atoms with Crippen molar-refractivity contribution in [2.24, 2.45) is 0 Å². The van der Waals surface area contributed by atoms with E-state index in [1.165, 1.54) is 10.5 Å². The van der Waals surface area contributed by atoms with Gasteiger partial charge in [0.25, 0.3) is 0 Å². The second kappa shape index (κ2) is 8.51. The highest BCUT2D eigenvalue weighted by Crippen LogP contribution is 2.40. The average Bonchev–Trinajstić information content (AvgIpc) is 2.59. The lowest BCUT2D eigenvalue weighted by atomic mass is 10.1. The molecule has 0 unspecified atom stereocenters. The van der Waals surface area contributed by atoms with Gasteiger partial charge in [-0.2, -0.15) is 0 Å². The van der Waals surface area contributed by atoms with Crippen LogP contribution in [0.25, 0.3) is 0 Å². The second-order valence-corrected chi connectivity index (χ2v) is 8.74. The summed E-state index contributed by atoms with van der Waals surface area (Å²) in [5, 5.41) is 2.16. The van der Waals surface area contributed by atoms with Crippen LogP contribution in [0, 0.1) is 0 Å². The summed E-state index contributed by atoms with van der Waals surface area (Å²) < 4.78 is 0. The molecule has 0 saturated carbocycles. The van der Waals surface area contributed by atoms with E-state index in [9.17, 15) is 0 Å². The number of halogens is 3. The Hall–Kier alpha value is -0.420. The standard InChI is InChI=1S/C19H21Cl3N2S/c1-13(24-9-7-23(2)8-10-24)16-11-14(20)4-6-18(16)25-19-12-15(21)3-5-17(19)22/h3-6,11-13H,7-10H2,1-2H3/t13-/m0/s1. The third-order valence-electron chi connectivity index (χ3n) is 4.62. The van der Waals surface area contributed by atoms with Gasteiger partial charge in [-0.05, 0) is 55.9 Å². The zero-order chi connectivity index (χ0) is 18.0. The van der Waals surface area contributed by atoms with E-state index in [0.29, 0.717) is 16.1 Å². The van der Waals surface area contributed by atoms with Crippen LogP contribution in [-0.4, -0.2) is 43.0 Å².